The maximum Gasteiger partial charge on any atom is 0.155 e. The number of aromatic nitrogens is 4. The minimum Gasteiger partial charge on any atom is -0.349 e. The smallest absolute Gasteiger partial charge is 0.155 e. The number of fused-ring (bicyclic) bond motifs is 3. The van der Waals surface area contributed by atoms with E-state index in [-0.39, 0.29) is 5.82 Å². The number of hydrogen-bond acceptors (Lipinski definition) is 5. The summed E-state index contributed by atoms with van der Waals surface area (Å²) in [7, 11) is 0. The highest BCUT2D eigenvalue weighted by Crippen LogP contribution is 2.36. The molecule has 0 N–H and O–H groups in total. The van der Waals surface area contributed by atoms with E-state index in [4.69, 9.17) is 10.1 Å². The quantitative estimate of drug-likeness (QED) is 0.355. The minimum absolute atomic E-state index is 0.285. The molecule has 2 saturated heterocycles. The molecule has 2 atom stereocenters. The topological polar surface area (TPSA) is 49.6 Å². The van der Waals surface area contributed by atoms with Crippen LogP contribution in [0.25, 0.3) is 28.2 Å². The zero-order valence-corrected chi connectivity index (χ0v) is 19.7. The lowest BCUT2D eigenvalue weighted by molar-refractivity contribution is 0.230. The van der Waals surface area contributed by atoms with Gasteiger partial charge in [-0.15, -0.1) is 5.10 Å². The Hall–Kier alpha value is -4.10. The van der Waals surface area contributed by atoms with E-state index in [9.17, 15) is 4.39 Å². The molecule has 5 heterocycles. The number of nitrogens with zero attached hydrogens (tertiary/aromatic N) is 6. The van der Waals surface area contributed by atoms with Gasteiger partial charge in [0.2, 0.25) is 0 Å². The third kappa shape index (κ3) is 3.63. The second-order valence-corrected chi connectivity index (χ2v) is 9.63. The van der Waals surface area contributed by atoms with Crippen molar-refractivity contribution in [3.63, 3.8) is 0 Å². The molecule has 2 aromatic carbocycles. The fourth-order valence-electron chi connectivity index (χ4n) is 5.72. The van der Waals surface area contributed by atoms with Crippen LogP contribution in [0.5, 0.6) is 0 Å². The summed E-state index contributed by atoms with van der Waals surface area (Å²) in [6.45, 7) is 2.99. The molecule has 2 bridgehead atoms. The van der Waals surface area contributed by atoms with E-state index in [1.165, 1.54) is 17.7 Å². The SMILES string of the molecule is Fc1cccc(-c2nc3ccc(N4C[C@@H]5C[C@@H]4CN5Cc4ccccc4)nn3c2-c2ccncc2)c1. The largest absolute Gasteiger partial charge is 0.349 e. The van der Waals surface area contributed by atoms with Crippen molar-refractivity contribution in [3.05, 3.63) is 103 Å². The van der Waals surface area contributed by atoms with E-state index in [1.54, 1.807) is 18.5 Å². The molecule has 0 amide bonds. The molecule has 3 aromatic heterocycles. The Morgan fingerprint density at radius 2 is 1.69 bits per heavy atom. The normalized spacial score (nSPS) is 19.4. The molecule has 0 aliphatic carbocycles. The van der Waals surface area contributed by atoms with Crippen LogP contribution in [-0.2, 0) is 6.54 Å². The van der Waals surface area contributed by atoms with E-state index in [1.807, 2.05) is 28.8 Å². The van der Waals surface area contributed by atoms with Crippen molar-refractivity contribution < 1.29 is 4.39 Å². The second-order valence-electron chi connectivity index (χ2n) is 9.63. The maximum absolute atomic E-state index is 14.1. The standard InChI is InChI=1S/C29H25FN6/c30-23-8-4-7-22(15-23)28-29(21-11-13-31-14-12-21)36-26(32-28)9-10-27(33-36)35-19-24-16-25(35)18-34(24)17-20-5-2-1-3-6-20/h1-15,24-25H,16-19H2/t24-,25+/m0/s1. The van der Waals surface area contributed by atoms with Crippen LogP contribution in [0.4, 0.5) is 10.2 Å². The van der Waals surface area contributed by atoms with Crippen LogP contribution in [0.1, 0.15) is 12.0 Å². The summed E-state index contributed by atoms with van der Waals surface area (Å²) in [6.07, 6.45) is 4.67. The summed E-state index contributed by atoms with van der Waals surface area (Å²) < 4.78 is 16.0. The third-order valence-corrected chi connectivity index (χ3v) is 7.39. The maximum atomic E-state index is 14.1. The van der Waals surface area contributed by atoms with E-state index in [0.717, 1.165) is 54.3 Å². The van der Waals surface area contributed by atoms with E-state index in [2.05, 4.69) is 51.2 Å². The molecule has 0 unspecified atom stereocenters. The van der Waals surface area contributed by atoms with Gasteiger partial charge in [0.25, 0.3) is 0 Å². The van der Waals surface area contributed by atoms with Gasteiger partial charge in [-0.05, 0) is 48.4 Å². The molecule has 2 aliphatic heterocycles. The Morgan fingerprint density at radius 3 is 2.47 bits per heavy atom. The first-order chi connectivity index (χ1) is 17.7. The number of hydrogen-bond donors (Lipinski definition) is 0. The monoisotopic (exact) mass is 476 g/mol. The summed E-state index contributed by atoms with van der Waals surface area (Å²) in [4.78, 5) is 14.1. The molecule has 2 aliphatic rings. The molecule has 2 fully saturated rings. The van der Waals surface area contributed by atoms with Gasteiger partial charge < -0.3 is 4.90 Å². The van der Waals surface area contributed by atoms with Gasteiger partial charge in [0.15, 0.2) is 5.65 Å². The van der Waals surface area contributed by atoms with Crippen molar-refractivity contribution in [2.45, 2.75) is 25.0 Å². The van der Waals surface area contributed by atoms with E-state index in [0.29, 0.717) is 17.8 Å². The second kappa shape index (κ2) is 8.53. The number of anilines is 1. The third-order valence-electron chi connectivity index (χ3n) is 7.39. The Balaban J connectivity index is 1.25. The van der Waals surface area contributed by atoms with Gasteiger partial charge >= 0.3 is 0 Å². The lowest BCUT2D eigenvalue weighted by atomic mass is 10.1. The first kappa shape index (κ1) is 21.2. The predicted octanol–water partition coefficient (Wildman–Crippen LogP) is 5.06. The van der Waals surface area contributed by atoms with Gasteiger partial charge in [0.1, 0.15) is 17.3 Å². The van der Waals surface area contributed by atoms with E-state index >= 15 is 0 Å². The van der Waals surface area contributed by atoms with E-state index < -0.39 is 0 Å². The summed E-state index contributed by atoms with van der Waals surface area (Å²) >= 11 is 0. The fraction of sp³-hybridized carbons (Fsp3) is 0.207. The number of likely N-dealkylation sites (tertiary alicyclic amines) is 1. The van der Waals surface area contributed by atoms with Crippen LogP contribution in [0.15, 0.2) is 91.3 Å². The molecule has 0 spiro atoms. The van der Waals surface area contributed by atoms with Gasteiger partial charge in [-0.1, -0.05) is 42.5 Å². The molecular weight excluding hydrogens is 451 g/mol. The number of rotatable bonds is 5. The van der Waals surface area contributed by atoms with Crippen LogP contribution in [0, 0.1) is 5.82 Å². The highest BCUT2D eigenvalue weighted by molar-refractivity contribution is 5.81. The molecular formula is C29H25FN6. The van der Waals surface area contributed by atoms with Crippen LogP contribution >= 0.6 is 0 Å². The number of halogens is 1. The Morgan fingerprint density at radius 1 is 0.833 bits per heavy atom. The van der Waals surface area contributed by atoms with Gasteiger partial charge in [0, 0.05) is 55.2 Å². The van der Waals surface area contributed by atoms with Crippen molar-refractivity contribution in [1.82, 2.24) is 24.5 Å². The van der Waals surface area contributed by atoms with Crippen LogP contribution in [0.3, 0.4) is 0 Å². The molecule has 0 radical (unpaired) electrons. The van der Waals surface area contributed by atoms with Gasteiger partial charge in [0.05, 0.1) is 5.69 Å². The highest BCUT2D eigenvalue weighted by atomic mass is 19.1. The molecule has 178 valence electrons. The van der Waals surface area contributed by atoms with Crippen molar-refractivity contribution in [1.29, 1.82) is 0 Å². The number of imidazole rings is 1. The van der Waals surface area contributed by atoms with Gasteiger partial charge in [-0.25, -0.2) is 13.9 Å². The molecule has 7 rings (SSSR count). The van der Waals surface area contributed by atoms with Gasteiger partial charge in [-0.3, -0.25) is 9.88 Å². The molecule has 36 heavy (non-hydrogen) atoms. The Labute approximate surface area is 208 Å². The average molecular weight is 477 g/mol. The Bertz CT molecular complexity index is 1530. The van der Waals surface area contributed by atoms with Crippen LogP contribution in [-0.4, -0.2) is 49.7 Å². The van der Waals surface area contributed by atoms with Crippen molar-refractivity contribution in [3.8, 4) is 22.5 Å². The molecule has 5 aromatic rings. The number of benzene rings is 2. The lowest BCUT2D eigenvalue weighted by Crippen LogP contribution is -2.46. The van der Waals surface area contributed by atoms with Gasteiger partial charge in [-0.2, -0.15) is 0 Å². The van der Waals surface area contributed by atoms with Crippen LogP contribution in [0.2, 0.25) is 0 Å². The summed E-state index contributed by atoms with van der Waals surface area (Å²) in [6, 6.07) is 26.2. The minimum atomic E-state index is -0.285. The first-order valence-electron chi connectivity index (χ1n) is 12.3. The predicted molar refractivity (Wildman–Crippen MR) is 138 cm³/mol. The highest BCUT2D eigenvalue weighted by Gasteiger charge is 2.43. The zero-order valence-electron chi connectivity index (χ0n) is 19.7. The first-order valence-corrected chi connectivity index (χ1v) is 12.3. The van der Waals surface area contributed by atoms with Crippen molar-refractivity contribution in [2.24, 2.45) is 0 Å². The number of piperazine rings is 1. The fourth-order valence-corrected chi connectivity index (χ4v) is 5.72. The Kier molecular flexibility index (Phi) is 5.03. The zero-order chi connectivity index (χ0) is 24.1. The molecule has 6 nitrogen and oxygen atoms in total. The number of pyridine rings is 1. The molecule has 0 saturated carbocycles. The average Bonchev–Trinajstić information content (AvgIpc) is 3.62. The summed E-state index contributed by atoms with van der Waals surface area (Å²) in [5, 5.41) is 5.08. The molecule has 7 heteroatoms. The lowest BCUT2D eigenvalue weighted by Gasteiger charge is -2.34. The van der Waals surface area contributed by atoms with Crippen LogP contribution < -0.4 is 4.90 Å². The summed E-state index contributed by atoms with van der Waals surface area (Å²) in [5.74, 6) is 0.667. The summed E-state index contributed by atoms with van der Waals surface area (Å²) in [5.41, 5.74) is 5.32. The van der Waals surface area contributed by atoms with Crippen molar-refractivity contribution in [2.75, 3.05) is 18.0 Å². The van der Waals surface area contributed by atoms with Crippen molar-refractivity contribution >= 4 is 11.5 Å².